The molecule has 23 heavy (non-hydrogen) atoms. The lowest BCUT2D eigenvalue weighted by Crippen LogP contribution is -2.48. The van der Waals surface area contributed by atoms with Crippen LogP contribution in [0.2, 0.25) is 0 Å². The molecule has 128 valence electrons. The van der Waals surface area contributed by atoms with E-state index in [0.717, 1.165) is 39.4 Å². The van der Waals surface area contributed by atoms with Crippen molar-refractivity contribution in [1.29, 1.82) is 0 Å². The zero-order chi connectivity index (χ0) is 16.1. The summed E-state index contributed by atoms with van der Waals surface area (Å²) in [4.78, 5) is 4.62. The summed E-state index contributed by atoms with van der Waals surface area (Å²) in [5.41, 5.74) is 1.17. The molecular weight excluding hydrogens is 299 g/mol. The lowest BCUT2D eigenvalue weighted by atomic mass is 10.1. The van der Waals surface area contributed by atoms with Crippen LogP contribution >= 0.6 is 0 Å². The van der Waals surface area contributed by atoms with Gasteiger partial charge in [0.1, 0.15) is 19.0 Å². The van der Waals surface area contributed by atoms with E-state index in [9.17, 15) is 9.50 Å². The fourth-order valence-electron chi connectivity index (χ4n) is 3.35. The lowest BCUT2D eigenvalue weighted by molar-refractivity contribution is -0.00618. The fraction of sp³-hybridized carbons (Fsp3) is 0.647. The number of likely N-dealkylation sites (tertiary alicyclic amines) is 1. The van der Waals surface area contributed by atoms with E-state index in [1.807, 2.05) is 24.3 Å². The van der Waals surface area contributed by atoms with Crippen LogP contribution < -0.4 is 4.74 Å². The smallest absolute Gasteiger partial charge is 0.123 e. The van der Waals surface area contributed by atoms with Crippen molar-refractivity contribution in [3.63, 3.8) is 0 Å². The summed E-state index contributed by atoms with van der Waals surface area (Å²) in [7, 11) is 0. The number of β-amino-alcohol motifs (C(OH)–C–C–N with tert-alkyl or cyclic N) is 1. The Morgan fingerprint density at radius 2 is 1.91 bits per heavy atom. The topological polar surface area (TPSA) is 45.2 Å². The van der Waals surface area contributed by atoms with Crippen molar-refractivity contribution in [1.82, 2.24) is 9.80 Å². The molecule has 0 unspecified atom stereocenters. The number of halogens is 1. The number of alkyl halides is 1. The van der Waals surface area contributed by atoms with Crippen molar-refractivity contribution in [3.05, 3.63) is 29.8 Å². The molecule has 2 aliphatic heterocycles. The largest absolute Gasteiger partial charge is 0.491 e. The number of nitrogens with zero attached hydrogens (tertiary/aromatic N) is 2. The molecule has 0 aromatic heterocycles. The number of benzene rings is 1. The highest BCUT2D eigenvalue weighted by Gasteiger charge is 2.35. The second kappa shape index (κ2) is 8.06. The van der Waals surface area contributed by atoms with Crippen LogP contribution in [-0.2, 0) is 11.3 Å². The predicted molar refractivity (Wildman–Crippen MR) is 85.4 cm³/mol. The third-order valence-corrected chi connectivity index (χ3v) is 4.52. The monoisotopic (exact) mass is 324 g/mol. The molecule has 2 fully saturated rings. The van der Waals surface area contributed by atoms with E-state index in [1.165, 1.54) is 5.56 Å². The van der Waals surface area contributed by atoms with Gasteiger partial charge in [-0.3, -0.25) is 9.80 Å². The maximum absolute atomic E-state index is 12.1. The Labute approximate surface area is 136 Å². The minimum Gasteiger partial charge on any atom is -0.491 e. The number of morpholine rings is 1. The van der Waals surface area contributed by atoms with Gasteiger partial charge in [0, 0.05) is 38.8 Å². The number of hydrogen-bond donors (Lipinski definition) is 1. The zero-order valence-electron chi connectivity index (χ0n) is 13.4. The van der Waals surface area contributed by atoms with Crippen molar-refractivity contribution in [3.8, 4) is 5.75 Å². The lowest BCUT2D eigenvalue weighted by Gasteiger charge is -2.33. The number of rotatable bonds is 6. The SMILES string of the molecule is O[C@H]1CN(Cc2ccc(OCCF)cc2)C[C@@H]1N1CCOCC1. The molecule has 2 atom stereocenters. The van der Waals surface area contributed by atoms with E-state index in [1.54, 1.807) is 0 Å². The van der Waals surface area contributed by atoms with Gasteiger partial charge in [0.05, 0.1) is 19.3 Å². The first-order valence-electron chi connectivity index (χ1n) is 8.26. The van der Waals surface area contributed by atoms with Gasteiger partial charge in [-0.1, -0.05) is 12.1 Å². The van der Waals surface area contributed by atoms with Crippen LogP contribution in [0.1, 0.15) is 5.56 Å². The first kappa shape index (κ1) is 16.6. The highest BCUT2D eigenvalue weighted by molar-refractivity contribution is 5.27. The van der Waals surface area contributed by atoms with Crippen molar-refractivity contribution < 1.29 is 19.0 Å². The molecule has 0 saturated carbocycles. The summed E-state index contributed by atoms with van der Waals surface area (Å²) in [6.07, 6.45) is -0.305. The van der Waals surface area contributed by atoms with Gasteiger partial charge in [-0.15, -0.1) is 0 Å². The molecule has 0 radical (unpaired) electrons. The standard InChI is InChI=1S/C17H25FN2O3/c18-5-8-23-15-3-1-14(2-4-15)11-19-12-16(17(21)13-19)20-6-9-22-10-7-20/h1-4,16-17,21H,5-13H2/t16-,17-/m0/s1. The highest BCUT2D eigenvalue weighted by Crippen LogP contribution is 2.21. The minimum absolute atomic E-state index is 0.0961. The third-order valence-electron chi connectivity index (χ3n) is 4.52. The fourth-order valence-corrected chi connectivity index (χ4v) is 3.35. The van der Waals surface area contributed by atoms with E-state index in [0.29, 0.717) is 12.3 Å². The molecule has 0 spiro atoms. The molecule has 0 bridgehead atoms. The van der Waals surface area contributed by atoms with Crippen LogP contribution in [0.4, 0.5) is 4.39 Å². The third kappa shape index (κ3) is 4.41. The molecule has 6 heteroatoms. The van der Waals surface area contributed by atoms with Gasteiger partial charge in [0.15, 0.2) is 0 Å². The summed E-state index contributed by atoms with van der Waals surface area (Å²) in [6.45, 7) is 5.30. The van der Waals surface area contributed by atoms with Gasteiger partial charge in [-0.2, -0.15) is 0 Å². The molecule has 0 amide bonds. The quantitative estimate of drug-likeness (QED) is 0.843. The Hall–Kier alpha value is -1.21. The number of aliphatic hydroxyl groups excluding tert-OH is 1. The van der Waals surface area contributed by atoms with Crippen molar-refractivity contribution in [2.75, 3.05) is 52.7 Å². The Bertz CT molecular complexity index is 479. The minimum atomic E-state index is -0.476. The number of ether oxygens (including phenoxy) is 2. The molecular formula is C17H25FN2O3. The highest BCUT2D eigenvalue weighted by atomic mass is 19.1. The Kier molecular flexibility index (Phi) is 5.83. The van der Waals surface area contributed by atoms with E-state index < -0.39 is 6.67 Å². The average molecular weight is 324 g/mol. The van der Waals surface area contributed by atoms with E-state index >= 15 is 0 Å². The average Bonchev–Trinajstić information content (AvgIpc) is 2.95. The second-order valence-corrected chi connectivity index (χ2v) is 6.16. The Balaban J connectivity index is 1.52. The molecule has 0 aliphatic carbocycles. The maximum Gasteiger partial charge on any atom is 0.123 e. The van der Waals surface area contributed by atoms with Gasteiger partial charge in [0.25, 0.3) is 0 Å². The van der Waals surface area contributed by atoms with Gasteiger partial charge in [0.2, 0.25) is 0 Å². The zero-order valence-corrected chi connectivity index (χ0v) is 13.4. The summed E-state index contributed by atoms with van der Waals surface area (Å²) in [6, 6.07) is 7.95. The summed E-state index contributed by atoms with van der Waals surface area (Å²) in [5, 5.41) is 10.4. The molecule has 5 nitrogen and oxygen atoms in total. The first-order chi connectivity index (χ1) is 11.3. The molecule has 1 N–H and O–H groups in total. The molecule has 3 rings (SSSR count). The van der Waals surface area contributed by atoms with Crippen LogP contribution in [0, 0.1) is 0 Å². The number of aliphatic hydroxyl groups is 1. The van der Waals surface area contributed by atoms with Crippen LogP contribution in [0.3, 0.4) is 0 Å². The molecule has 1 aromatic carbocycles. The van der Waals surface area contributed by atoms with E-state index in [4.69, 9.17) is 9.47 Å². The Morgan fingerprint density at radius 3 is 2.61 bits per heavy atom. The summed E-state index contributed by atoms with van der Waals surface area (Å²) >= 11 is 0. The van der Waals surface area contributed by atoms with Gasteiger partial charge >= 0.3 is 0 Å². The van der Waals surface area contributed by atoms with Gasteiger partial charge < -0.3 is 14.6 Å². The van der Waals surface area contributed by atoms with E-state index in [2.05, 4.69) is 9.80 Å². The van der Waals surface area contributed by atoms with Gasteiger partial charge in [-0.25, -0.2) is 4.39 Å². The summed E-state index contributed by atoms with van der Waals surface area (Å²) < 4.78 is 22.7. The normalized spacial score (nSPS) is 26.5. The predicted octanol–water partition coefficient (Wildman–Crippen LogP) is 0.912. The maximum atomic E-state index is 12.1. The molecule has 2 heterocycles. The van der Waals surface area contributed by atoms with Gasteiger partial charge in [-0.05, 0) is 17.7 Å². The molecule has 2 aliphatic rings. The van der Waals surface area contributed by atoms with Crippen molar-refractivity contribution in [2.45, 2.75) is 18.7 Å². The second-order valence-electron chi connectivity index (χ2n) is 6.16. The first-order valence-corrected chi connectivity index (χ1v) is 8.26. The van der Waals surface area contributed by atoms with Crippen LogP contribution in [-0.4, -0.2) is 79.7 Å². The van der Waals surface area contributed by atoms with Crippen LogP contribution in [0.25, 0.3) is 0 Å². The summed E-state index contributed by atoms with van der Waals surface area (Å²) in [5.74, 6) is 0.694. The molecule has 1 aromatic rings. The number of hydrogen-bond acceptors (Lipinski definition) is 5. The van der Waals surface area contributed by atoms with Crippen LogP contribution in [0.15, 0.2) is 24.3 Å². The molecule has 2 saturated heterocycles. The van der Waals surface area contributed by atoms with E-state index in [-0.39, 0.29) is 18.8 Å². The van der Waals surface area contributed by atoms with Crippen LogP contribution in [0.5, 0.6) is 5.75 Å². The Morgan fingerprint density at radius 1 is 1.17 bits per heavy atom. The van der Waals surface area contributed by atoms with Crippen molar-refractivity contribution in [2.24, 2.45) is 0 Å². The van der Waals surface area contributed by atoms with Crippen molar-refractivity contribution >= 4 is 0 Å².